The zero-order chi connectivity index (χ0) is 22.3. The van der Waals surface area contributed by atoms with Crippen LogP contribution in [0.15, 0.2) is 47.2 Å². The van der Waals surface area contributed by atoms with Gasteiger partial charge in [0.05, 0.1) is 35.0 Å². The number of allylic oxidation sites excluding steroid dienone is 2. The van der Waals surface area contributed by atoms with E-state index in [1.807, 2.05) is 37.0 Å². The third-order valence-electron chi connectivity index (χ3n) is 6.00. The lowest BCUT2D eigenvalue weighted by Crippen LogP contribution is -2.49. The molecule has 0 aromatic heterocycles. The quantitative estimate of drug-likeness (QED) is 0.745. The average Bonchev–Trinajstić information content (AvgIpc) is 2.72. The molecule has 0 spiro atoms. The van der Waals surface area contributed by atoms with Crippen molar-refractivity contribution < 1.29 is 13.2 Å². The third kappa shape index (κ3) is 3.12. The summed E-state index contributed by atoms with van der Waals surface area (Å²) >= 11 is 0. The van der Waals surface area contributed by atoms with Crippen molar-refractivity contribution in [2.45, 2.75) is 32.0 Å². The van der Waals surface area contributed by atoms with Gasteiger partial charge in [-0.1, -0.05) is 24.3 Å². The van der Waals surface area contributed by atoms with Crippen molar-refractivity contribution in [1.82, 2.24) is 4.90 Å². The van der Waals surface area contributed by atoms with Crippen molar-refractivity contribution in [3.63, 3.8) is 0 Å². The van der Waals surface area contributed by atoms with E-state index in [1.165, 1.54) is 18.2 Å². The third-order valence-corrected chi connectivity index (χ3v) is 6.00. The van der Waals surface area contributed by atoms with Crippen LogP contribution >= 0.6 is 0 Å². The molecule has 5 nitrogen and oxygen atoms in total. The van der Waals surface area contributed by atoms with Crippen LogP contribution in [0, 0.1) is 45.3 Å². The van der Waals surface area contributed by atoms with Crippen molar-refractivity contribution in [2.24, 2.45) is 17.1 Å². The molecule has 30 heavy (non-hydrogen) atoms. The summed E-state index contributed by atoms with van der Waals surface area (Å²) in [5.74, 6) is -1.67. The Hall–Kier alpha value is -3.28. The summed E-state index contributed by atoms with van der Waals surface area (Å²) in [7, 11) is 0. The Morgan fingerprint density at radius 3 is 2.33 bits per heavy atom. The number of fused-ring (bicyclic) bond motifs is 1. The van der Waals surface area contributed by atoms with Crippen molar-refractivity contribution in [1.29, 1.82) is 15.8 Å². The van der Waals surface area contributed by atoms with Gasteiger partial charge in [-0.25, -0.2) is 0 Å². The van der Waals surface area contributed by atoms with Crippen LogP contribution in [-0.2, 0) is 6.18 Å². The van der Waals surface area contributed by atoms with E-state index >= 15 is 0 Å². The first-order valence-corrected chi connectivity index (χ1v) is 9.45. The van der Waals surface area contributed by atoms with E-state index in [4.69, 9.17) is 5.73 Å². The van der Waals surface area contributed by atoms with Gasteiger partial charge in [-0.2, -0.15) is 29.0 Å². The number of nitrogens with zero attached hydrogens (tertiary/aromatic N) is 4. The number of nitriles is 3. The van der Waals surface area contributed by atoms with Crippen molar-refractivity contribution >= 4 is 0 Å². The van der Waals surface area contributed by atoms with Gasteiger partial charge < -0.3 is 5.73 Å². The van der Waals surface area contributed by atoms with Crippen LogP contribution in [0.4, 0.5) is 13.2 Å². The summed E-state index contributed by atoms with van der Waals surface area (Å²) in [4.78, 5) is 2.04. The highest BCUT2D eigenvalue weighted by Gasteiger charge is 2.53. The maximum Gasteiger partial charge on any atom is 0.416 e. The fourth-order valence-corrected chi connectivity index (χ4v) is 4.46. The van der Waals surface area contributed by atoms with E-state index in [0.29, 0.717) is 18.7 Å². The number of nitrogens with two attached hydrogens (primary N) is 1. The largest absolute Gasteiger partial charge is 0.416 e. The zero-order valence-corrected chi connectivity index (χ0v) is 16.5. The van der Waals surface area contributed by atoms with E-state index in [1.54, 1.807) is 6.08 Å². The number of hydrogen-bond donors (Lipinski definition) is 1. The van der Waals surface area contributed by atoms with Gasteiger partial charge in [-0.3, -0.25) is 4.90 Å². The molecule has 0 saturated carbocycles. The Labute approximate surface area is 173 Å². The average molecular weight is 411 g/mol. The highest BCUT2D eigenvalue weighted by molar-refractivity contribution is 5.59. The predicted molar refractivity (Wildman–Crippen MR) is 103 cm³/mol. The Balaban J connectivity index is 2.36. The molecule has 0 fully saturated rings. The van der Waals surface area contributed by atoms with Gasteiger partial charge in [0.2, 0.25) is 5.41 Å². The Morgan fingerprint density at radius 1 is 1.17 bits per heavy atom. The molecule has 0 radical (unpaired) electrons. The van der Waals surface area contributed by atoms with Crippen molar-refractivity contribution in [2.75, 3.05) is 13.1 Å². The van der Waals surface area contributed by atoms with E-state index in [9.17, 15) is 29.0 Å². The fourth-order valence-electron chi connectivity index (χ4n) is 4.46. The molecule has 3 rings (SSSR count). The molecule has 1 heterocycles. The van der Waals surface area contributed by atoms with Crippen LogP contribution in [-0.4, -0.2) is 24.0 Å². The molecule has 2 N–H and O–H groups in total. The first kappa shape index (κ1) is 21.4. The number of hydrogen-bond acceptors (Lipinski definition) is 5. The standard InChI is InChI=1S/C22H20F3N5/c1-13(2)30-8-7-17-16(10-30)19(14-5-3-4-6-18(14)22(23,24)25)15(9-26)20(29)21(17,11-27)12-28/h3-7,13,16,19H,8,10,29H2,1-2H3/t16-,19+/m1/s1. The number of benzene rings is 1. The molecule has 0 unspecified atom stereocenters. The summed E-state index contributed by atoms with van der Waals surface area (Å²) in [6.45, 7) is 4.66. The molecule has 1 aromatic carbocycles. The molecule has 0 saturated heterocycles. The summed E-state index contributed by atoms with van der Waals surface area (Å²) in [6.07, 6.45) is -2.91. The molecule has 1 aromatic rings. The second-order valence-electron chi connectivity index (χ2n) is 7.79. The topological polar surface area (TPSA) is 101 Å². The van der Waals surface area contributed by atoms with E-state index in [0.717, 1.165) is 6.07 Å². The van der Waals surface area contributed by atoms with Gasteiger partial charge >= 0.3 is 6.18 Å². The van der Waals surface area contributed by atoms with Crippen LogP contribution in [0.25, 0.3) is 0 Å². The van der Waals surface area contributed by atoms with Gasteiger partial charge in [0.15, 0.2) is 0 Å². The molecule has 154 valence electrons. The molecule has 2 aliphatic rings. The minimum absolute atomic E-state index is 0.0736. The van der Waals surface area contributed by atoms with E-state index in [-0.39, 0.29) is 22.9 Å². The predicted octanol–water partition coefficient (Wildman–Crippen LogP) is 3.84. The summed E-state index contributed by atoms with van der Waals surface area (Å²) < 4.78 is 41.4. The zero-order valence-electron chi connectivity index (χ0n) is 16.5. The highest BCUT2D eigenvalue weighted by atomic mass is 19.4. The van der Waals surface area contributed by atoms with Crippen LogP contribution < -0.4 is 5.73 Å². The minimum atomic E-state index is -4.62. The molecule has 8 heteroatoms. The van der Waals surface area contributed by atoms with Crippen molar-refractivity contribution in [3.8, 4) is 18.2 Å². The van der Waals surface area contributed by atoms with Crippen LogP contribution in [0.3, 0.4) is 0 Å². The molecule has 1 aliphatic carbocycles. The van der Waals surface area contributed by atoms with Crippen LogP contribution in [0.1, 0.15) is 30.9 Å². The second-order valence-corrected chi connectivity index (χ2v) is 7.79. The summed E-state index contributed by atoms with van der Waals surface area (Å²) in [6, 6.07) is 11.0. The van der Waals surface area contributed by atoms with Gasteiger partial charge in [0.25, 0.3) is 0 Å². The van der Waals surface area contributed by atoms with Gasteiger partial charge in [-0.05, 0) is 31.1 Å². The molecule has 2 atom stereocenters. The van der Waals surface area contributed by atoms with Crippen LogP contribution in [0.2, 0.25) is 0 Å². The summed E-state index contributed by atoms with van der Waals surface area (Å²) in [5.41, 5.74) is 3.32. The first-order valence-electron chi connectivity index (χ1n) is 9.45. The Morgan fingerprint density at radius 2 is 1.80 bits per heavy atom. The lowest BCUT2D eigenvalue weighted by molar-refractivity contribution is -0.138. The fraction of sp³-hybridized carbons (Fsp3) is 0.409. The number of rotatable bonds is 2. The molecular formula is C22H20F3N5. The maximum absolute atomic E-state index is 13.8. The van der Waals surface area contributed by atoms with E-state index in [2.05, 4.69) is 0 Å². The lowest BCUT2D eigenvalue weighted by Gasteiger charge is -2.46. The molecular weight excluding hydrogens is 391 g/mol. The molecule has 0 bridgehead atoms. The monoisotopic (exact) mass is 411 g/mol. The number of halogens is 3. The Kier molecular flexibility index (Phi) is 5.37. The molecule has 0 amide bonds. The number of alkyl halides is 3. The normalized spacial score (nSPS) is 23.8. The lowest BCUT2D eigenvalue weighted by atomic mass is 9.59. The van der Waals surface area contributed by atoms with Crippen LogP contribution in [0.5, 0.6) is 0 Å². The Bertz CT molecular complexity index is 1030. The highest BCUT2D eigenvalue weighted by Crippen LogP contribution is 2.54. The van der Waals surface area contributed by atoms with Gasteiger partial charge in [0.1, 0.15) is 0 Å². The van der Waals surface area contributed by atoms with Gasteiger partial charge in [0, 0.05) is 31.0 Å². The summed E-state index contributed by atoms with van der Waals surface area (Å²) in [5, 5.41) is 29.6. The van der Waals surface area contributed by atoms with Crippen molar-refractivity contribution in [3.05, 3.63) is 58.3 Å². The smallest absolute Gasteiger partial charge is 0.399 e. The van der Waals surface area contributed by atoms with Gasteiger partial charge in [-0.15, -0.1) is 0 Å². The SMILES string of the molecule is CC(C)N1CC=C2[C@@H](C1)[C@@H](c1ccccc1C(F)(F)F)C(C#N)=C(N)C2(C#N)C#N. The van der Waals surface area contributed by atoms with E-state index < -0.39 is 29.0 Å². The first-order chi connectivity index (χ1) is 14.1. The maximum atomic E-state index is 13.8. The second kappa shape index (κ2) is 7.52. The molecule has 1 aliphatic heterocycles. The minimum Gasteiger partial charge on any atom is -0.399 e.